The van der Waals surface area contributed by atoms with Crippen molar-refractivity contribution in [2.24, 2.45) is 17.8 Å². The molecule has 0 heterocycles. The Morgan fingerprint density at radius 2 is 2.17 bits per heavy atom. The van der Waals surface area contributed by atoms with Crippen molar-refractivity contribution in [3.63, 3.8) is 0 Å². The third-order valence-electron chi connectivity index (χ3n) is 4.51. The van der Waals surface area contributed by atoms with Gasteiger partial charge in [-0.2, -0.15) is 0 Å². The fraction of sp³-hybridized carbons (Fsp3) is 0.533. The Bertz CT molecular complexity index is 485. The molecule has 2 aliphatic carbocycles. The van der Waals surface area contributed by atoms with Crippen LogP contribution in [-0.2, 0) is 4.79 Å². The third kappa shape index (κ3) is 2.14. The number of carbonyl (C=O) groups excluding carboxylic acids is 1. The van der Waals surface area contributed by atoms with Crippen molar-refractivity contribution in [3.05, 3.63) is 28.8 Å². The van der Waals surface area contributed by atoms with Gasteiger partial charge in [0, 0.05) is 16.6 Å². The minimum absolute atomic E-state index is 0.183. The highest BCUT2D eigenvalue weighted by molar-refractivity contribution is 6.31. The quantitative estimate of drug-likeness (QED) is 0.858. The van der Waals surface area contributed by atoms with Gasteiger partial charge in [0.2, 0.25) is 5.91 Å². The predicted molar refractivity (Wildman–Crippen MR) is 73.8 cm³/mol. The molecule has 1 aromatic carbocycles. The molecule has 3 rings (SSSR count). The van der Waals surface area contributed by atoms with Gasteiger partial charge in [0.1, 0.15) is 0 Å². The van der Waals surface area contributed by atoms with Crippen LogP contribution in [-0.4, -0.2) is 5.91 Å². The van der Waals surface area contributed by atoms with Crippen molar-refractivity contribution >= 4 is 23.2 Å². The lowest BCUT2D eigenvalue weighted by molar-refractivity contribution is -0.121. The Balaban J connectivity index is 1.69. The molecule has 0 radical (unpaired) electrons. The summed E-state index contributed by atoms with van der Waals surface area (Å²) in [6.45, 7) is 1.96. The van der Waals surface area contributed by atoms with Crippen LogP contribution in [0.2, 0.25) is 5.02 Å². The summed E-state index contributed by atoms with van der Waals surface area (Å²) in [4.78, 5) is 12.2. The molecule has 18 heavy (non-hydrogen) atoms. The van der Waals surface area contributed by atoms with Crippen LogP contribution in [0.5, 0.6) is 0 Å². The number of rotatable bonds is 2. The molecule has 1 N–H and O–H groups in total. The van der Waals surface area contributed by atoms with E-state index in [0.29, 0.717) is 10.9 Å². The summed E-state index contributed by atoms with van der Waals surface area (Å²) < 4.78 is 0. The van der Waals surface area contributed by atoms with Gasteiger partial charge in [-0.25, -0.2) is 0 Å². The third-order valence-corrected chi connectivity index (χ3v) is 4.92. The van der Waals surface area contributed by atoms with Gasteiger partial charge in [0.15, 0.2) is 0 Å². The molecule has 0 aromatic heterocycles. The van der Waals surface area contributed by atoms with E-state index in [1.165, 1.54) is 19.3 Å². The largest absolute Gasteiger partial charge is 0.326 e. The molecule has 2 fully saturated rings. The van der Waals surface area contributed by atoms with E-state index < -0.39 is 0 Å². The van der Waals surface area contributed by atoms with Crippen LogP contribution in [0.3, 0.4) is 0 Å². The van der Waals surface area contributed by atoms with E-state index in [-0.39, 0.29) is 11.8 Å². The Kier molecular flexibility index (Phi) is 3.06. The monoisotopic (exact) mass is 263 g/mol. The van der Waals surface area contributed by atoms with Gasteiger partial charge in [-0.3, -0.25) is 4.79 Å². The second-order valence-electron chi connectivity index (χ2n) is 5.73. The molecule has 1 aromatic rings. The molecule has 2 bridgehead atoms. The maximum absolute atomic E-state index is 12.2. The maximum Gasteiger partial charge on any atom is 0.227 e. The van der Waals surface area contributed by atoms with Crippen molar-refractivity contribution in [1.82, 2.24) is 0 Å². The number of anilines is 1. The summed E-state index contributed by atoms with van der Waals surface area (Å²) in [5.74, 6) is 1.83. The molecule has 1 amide bonds. The lowest BCUT2D eigenvalue weighted by Crippen LogP contribution is -2.27. The van der Waals surface area contributed by atoms with Crippen LogP contribution in [0.4, 0.5) is 5.69 Å². The summed E-state index contributed by atoms with van der Waals surface area (Å²) in [5.41, 5.74) is 1.85. The molecule has 0 saturated heterocycles. The lowest BCUT2D eigenvalue weighted by Gasteiger charge is -2.20. The first-order valence-corrected chi connectivity index (χ1v) is 7.08. The van der Waals surface area contributed by atoms with Gasteiger partial charge in [-0.05, 0) is 55.7 Å². The molecule has 96 valence electrons. The van der Waals surface area contributed by atoms with Gasteiger partial charge in [-0.15, -0.1) is 0 Å². The normalized spacial score (nSPS) is 29.6. The Hall–Kier alpha value is -1.02. The zero-order chi connectivity index (χ0) is 12.7. The molecule has 2 aliphatic rings. The van der Waals surface area contributed by atoms with Crippen molar-refractivity contribution in [2.45, 2.75) is 32.6 Å². The van der Waals surface area contributed by atoms with E-state index in [2.05, 4.69) is 5.32 Å². The van der Waals surface area contributed by atoms with Gasteiger partial charge >= 0.3 is 0 Å². The summed E-state index contributed by atoms with van der Waals surface area (Å²) >= 11 is 6.07. The summed E-state index contributed by atoms with van der Waals surface area (Å²) in [6.07, 6.45) is 4.89. The van der Waals surface area contributed by atoms with Crippen LogP contribution in [0.15, 0.2) is 18.2 Å². The standard InChI is InChI=1S/C15H18ClNO/c1-9-2-5-12(8-14(9)16)17-15(18)13-7-10-3-4-11(13)6-10/h2,5,8,10-11,13H,3-4,6-7H2,1H3,(H,17,18)/t10-,11+,13-/m0/s1. The number of aryl methyl sites for hydroxylation is 1. The van der Waals surface area contributed by atoms with Crippen LogP contribution in [0, 0.1) is 24.7 Å². The number of hydrogen-bond acceptors (Lipinski definition) is 1. The van der Waals surface area contributed by atoms with Crippen molar-refractivity contribution in [1.29, 1.82) is 0 Å². The number of amides is 1. The van der Waals surface area contributed by atoms with E-state index in [4.69, 9.17) is 11.6 Å². The average Bonchev–Trinajstić information content (AvgIpc) is 2.96. The van der Waals surface area contributed by atoms with Crippen LogP contribution < -0.4 is 5.32 Å². The first-order valence-electron chi connectivity index (χ1n) is 6.70. The molecule has 2 nitrogen and oxygen atoms in total. The minimum atomic E-state index is 0.183. The molecular formula is C15H18ClNO. The van der Waals surface area contributed by atoms with E-state index in [0.717, 1.165) is 23.6 Å². The van der Waals surface area contributed by atoms with Gasteiger partial charge in [0.25, 0.3) is 0 Å². The Morgan fingerprint density at radius 3 is 2.78 bits per heavy atom. The first-order chi connectivity index (χ1) is 8.63. The van der Waals surface area contributed by atoms with E-state index >= 15 is 0 Å². The van der Waals surface area contributed by atoms with Crippen molar-refractivity contribution in [3.8, 4) is 0 Å². The second kappa shape index (κ2) is 4.58. The van der Waals surface area contributed by atoms with Gasteiger partial charge in [0.05, 0.1) is 0 Å². The second-order valence-corrected chi connectivity index (χ2v) is 6.14. The van der Waals surface area contributed by atoms with E-state index in [1.54, 1.807) is 0 Å². The number of nitrogens with one attached hydrogen (secondary N) is 1. The fourth-order valence-electron chi connectivity index (χ4n) is 3.47. The van der Waals surface area contributed by atoms with E-state index in [9.17, 15) is 4.79 Å². The molecule has 3 atom stereocenters. The lowest BCUT2D eigenvalue weighted by atomic mass is 9.88. The molecule has 2 saturated carbocycles. The molecule has 0 spiro atoms. The zero-order valence-electron chi connectivity index (χ0n) is 10.6. The molecule has 0 unspecified atom stereocenters. The number of carbonyl (C=O) groups is 1. The number of hydrogen-bond donors (Lipinski definition) is 1. The Labute approximate surface area is 113 Å². The van der Waals surface area contributed by atoms with E-state index in [1.807, 2.05) is 25.1 Å². The summed E-state index contributed by atoms with van der Waals surface area (Å²) in [7, 11) is 0. The summed E-state index contributed by atoms with van der Waals surface area (Å²) in [6, 6.07) is 5.70. The average molecular weight is 264 g/mol. The van der Waals surface area contributed by atoms with Crippen LogP contribution in [0.25, 0.3) is 0 Å². The smallest absolute Gasteiger partial charge is 0.227 e. The molecule has 3 heteroatoms. The maximum atomic E-state index is 12.2. The molecular weight excluding hydrogens is 246 g/mol. The number of benzene rings is 1. The highest BCUT2D eigenvalue weighted by atomic mass is 35.5. The zero-order valence-corrected chi connectivity index (χ0v) is 11.3. The van der Waals surface area contributed by atoms with Crippen LogP contribution in [0.1, 0.15) is 31.2 Å². The Morgan fingerprint density at radius 1 is 1.33 bits per heavy atom. The summed E-state index contributed by atoms with van der Waals surface area (Å²) in [5, 5.41) is 3.72. The van der Waals surface area contributed by atoms with Gasteiger partial charge in [-0.1, -0.05) is 24.1 Å². The number of halogens is 1. The molecule has 0 aliphatic heterocycles. The highest BCUT2D eigenvalue weighted by Crippen LogP contribution is 2.48. The minimum Gasteiger partial charge on any atom is -0.326 e. The predicted octanol–water partition coefficient (Wildman–Crippen LogP) is 4.02. The van der Waals surface area contributed by atoms with Crippen molar-refractivity contribution in [2.75, 3.05) is 5.32 Å². The van der Waals surface area contributed by atoms with Gasteiger partial charge < -0.3 is 5.32 Å². The van der Waals surface area contributed by atoms with Crippen LogP contribution >= 0.6 is 11.6 Å². The fourth-order valence-corrected chi connectivity index (χ4v) is 3.65. The SMILES string of the molecule is Cc1ccc(NC(=O)[C@H]2C[C@H]3CC[C@@H]2C3)cc1Cl. The van der Waals surface area contributed by atoms with Crippen molar-refractivity contribution < 1.29 is 4.79 Å². The first kappa shape index (κ1) is 12.0. The number of fused-ring (bicyclic) bond motifs is 2. The topological polar surface area (TPSA) is 29.1 Å². The highest BCUT2D eigenvalue weighted by Gasteiger charge is 2.42.